The lowest BCUT2D eigenvalue weighted by Gasteiger charge is -2.00. The lowest BCUT2D eigenvalue weighted by molar-refractivity contribution is 1.22. The number of allylic oxidation sites excluding steroid dienone is 4. The standard InChI is InChI=1S/C9H13NS/c1-6(2)8-4-5-9(11-8)7(3)10/h4H,1,5,10H2,2-3H3/b9-7-. The van der Waals surface area contributed by atoms with Crippen molar-refractivity contribution in [1.29, 1.82) is 0 Å². The summed E-state index contributed by atoms with van der Waals surface area (Å²) >= 11 is 1.74. The third-order valence-electron chi connectivity index (χ3n) is 1.57. The van der Waals surface area contributed by atoms with Gasteiger partial charge in [-0.2, -0.15) is 0 Å². The Hall–Kier alpha value is -0.630. The van der Waals surface area contributed by atoms with Crippen molar-refractivity contribution in [2.45, 2.75) is 20.3 Å². The quantitative estimate of drug-likeness (QED) is 0.650. The number of hydrogen-bond donors (Lipinski definition) is 1. The molecule has 0 saturated carbocycles. The van der Waals surface area contributed by atoms with Gasteiger partial charge in [-0.15, -0.1) is 0 Å². The second-order valence-corrected chi connectivity index (χ2v) is 3.90. The van der Waals surface area contributed by atoms with Crippen molar-refractivity contribution in [3.63, 3.8) is 0 Å². The molecule has 11 heavy (non-hydrogen) atoms. The molecule has 2 N–H and O–H groups in total. The average Bonchev–Trinajstić information content (AvgIpc) is 2.33. The van der Waals surface area contributed by atoms with Gasteiger partial charge in [0.2, 0.25) is 0 Å². The van der Waals surface area contributed by atoms with E-state index in [9.17, 15) is 0 Å². The lowest BCUT2D eigenvalue weighted by atomic mass is 10.2. The maximum absolute atomic E-state index is 5.66. The third kappa shape index (κ3) is 1.90. The van der Waals surface area contributed by atoms with Gasteiger partial charge in [0.15, 0.2) is 0 Å². The molecular weight excluding hydrogens is 154 g/mol. The van der Waals surface area contributed by atoms with Gasteiger partial charge < -0.3 is 5.73 Å². The fraction of sp³-hybridized carbons (Fsp3) is 0.333. The van der Waals surface area contributed by atoms with Crippen LogP contribution in [0.15, 0.2) is 33.7 Å². The molecule has 60 valence electrons. The maximum atomic E-state index is 5.66. The van der Waals surface area contributed by atoms with Gasteiger partial charge in [-0.3, -0.25) is 0 Å². The van der Waals surface area contributed by atoms with E-state index in [4.69, 9.17) is 5.73 Å². The van der Waals surface area contributed by atoms with Crippen LogP contribution in [0.2, 0.25) is 0 Å². The van der Waals surface area contributed by atoms with Crippen molar-refractivity contribution in [2.75, 3.05) is 0 Å². The number of nitrogens with two attached hydrogens (primary N) is 1. The minimum atomic E-state index is 0.933. The molecule has 2 heteroatoms. The molecular formula is C9H13NS. The van der Waals surface area contributed by atoms with Crippen LogP contribution in [0.1, 0.15) is 20.3 Å². The molecule has 0 amide bonds. The van der Waals surface area contributed by atoms with E-state index in [1.807, 2.05) is 13.8 Å². The number of rotatable bonds is 1. The average molecular weight is 167 g/mol. The minimum Gasteiger partial charge on any atom is -0.402 e. The van der Waals surface area contributed by atoms with Crippen molar-refractivity contribution < 1.29 is 0 Å². The molecule has 0 fully saturated rings. The molecule has 0 aliphatic carbocycles. The van der Waals surface area contributed by atoms with E-state index in [0.717, 1.165) is 17.7 Å². The van der Waals surface area contributed by atoms with Crippen molar-refractivity contribution >= 4 is 11.8 Å². The highest BCUT2D eigenvalue weighted by Gasteiger charge is 2.12. The molecule has 1 aliphatic rings. The summed E-state index contributed by atoms with van der Waals surface area (Å²) in [7, 11) is 0. The van der Waals surface area contributed by atoms with Gasteiger partial charge in [0.1, 0.15) is 0 Å². The SMILES string of the molecule is C=C(C)C1=CC/C(=C(\C)N)S1. The van der Waals surface area contributed by atoms with Gasteiger partial charge in [0, 0.05) is 15.5 Å². The Morgan fingerprint density at radius 2 is 2.27 bits per heavy atom. The Labute approximate surface area is 72.0 Å². The van der Waals surface area contributed by atoms with Crippen LogP contribution in [0.25, 0.3) is 0 Å². The van der Waals surface area contributed by atoms with Gasteiger partial charge >= 0.3 is 0 Å². The fourth-order valence-electron chi connectivity index (χ4n) is 0.904. The minimum absolute atomic E-state index is 0.933. The topological polar surface area (TPSA) is 26.0 Å². The molecule has 1 rings (SSSR count). The van der Waals surface area contributed by atoms with E-state index in [1.165, 1.54) is 9.81 Å². The molecule has 0 aromatic rings. The normalized spacial score (nSPS) is 21.5. The molecule has 0 spiro atoms. The van der Waals surface area contributed by atoms with E-state index in [1.54, 1.807) is 11.8 Å². The summed E-state index contributed by atoms with van der Waals surface area (Å²) in [4.78, 5) is 2.54. The predicted octanol–water partition coefficient (Wildman–Crippen LogP) is 2.77. The summed E-state index contributed by atoms with van der Waals surface area (Å²) in [6, 6.07) is 0. The van der Waals surface area contributed by atoms with Crippen molar-refractivity contribution in [1.82, 2.24) is 0 Å². The fourth-order valence-corrected chi connectivity index (χ4v) is 1.84. The second-order valence-electron chi connectivity index (χ2n) is 2.76. The Morgan fingerprint density at radius 3 is 2.55 bits per heavy atom. The zero-order valence-corrected chi connectivity index (χ0v) is 7.79. The largest absolute Gasteiger partial charge is 0.402 e. The van der Waals surface area contributed by atoms with Crippen molar-refractivity contribution in [2.24, 2.45) is 5.73 Å². The van der Waals surface area contributed by atoms with Crippen LogP contribution in [0.5, 0.6) is 0 Å². The number of hydrogen-bond acceptors (Lipinski definition) is 2. The highest BCUT2D eigenvalue weighted by molar-refractivity contribution is 8.07. The highest BCUT2D eigenvalue weighted by Crippen LogP contribution is 2.39. The first-order chi connectivity index (χ1) is 5.11. The van der Waals surface area contributed by atoms with E-state index >= 15 is 0 Å². The molecule has 0 aromatic carbocycles. The smallest absolute Gasteiger partial charge is 0.0152 e. The third-order valence-corrected chi connectivity index (χ3v) is 3.04. The van der Waals surface area contributed by atoms with Crippen LogP contribution in [-0.4, -0.2) is 0 Å². The zero-order valence-electron chi connectivity index (χ0n) is 6.98. The van der Waals surface area contributed by atoms with Crippen LogP contribution < -0.4 is 5.73 Å². The van der Waals surface area contributed by atoms with E-state index in [0.29, 0.717) is 0 Å². The van der Waals surface area contributed by atoms with Crippen LogP contribution >= 0.6 is 11.8 Å². The molecule has 1 nitrogen and oxygen atoms in total. The molecule has 0 bridgehead atoms. The van der Waals surface area contributed by atoms with Crippen molar-refractivity contribution in [3.8, 4) is 0 Å². The second kappa shape index (κ2) is 3.18. The molecule has 0 aromatic heterocycles. The maximum Gasteiger partial charge on any atom is 0.0152 e. The summed E-state index contributed by atoms with van der Waals surface area (Å²) in [5.41, 5.74) is 7.72. The molecule has 0 unspecified atom stereocenters. The first-order valence-corrected chi connectivity index (χ1v) is 4.42. The monoisotopic (exact) mass is 167 g/mol. The first-order valence-electron chi connectivity index (χ1n) is 3.60. The van der Waals surface area contributed by atoms with Crippen LogP contribution in [-0.2, 0) is 0 Å². The van der Waals surface area contributed by atoms with Crippen LogP contribution in [0.3, 0.4) is 0 Å². The van der Waals surface area contributed by atoms with E-state index in [2.05, 4.69) is 12.7 Å². The molecule has 0 radical (unpaired) electrons. The van der Waals surface area contributed by atoms with E-state index < -0.39 is 0 Å². The summed E-state index contributed by atoms with van der Waals surface area (Å²) in [6.45, 7) is 7.84. The summed E-state index contributed by atoms with van der Waals surface area (Å²) in [5.74, 6) is 0. The Balaban J connectivity index is 2.71. The first kappa shape index (κ1) is 8.47. The van der Waals surface area contributed by atoms with E-state index in [-0.39, 0.29) is 0 Å². The van der Waals surface area contributed by atoms with Gasteiger partial charge in [-0.1, -0.05) is 24.4 Å². The summed E-state index contributed by atoms with van der Waals surface area (Å²) in [6.07, 6.45) is 3.16. The van der Waals surface area contributed by atoms with Crippen LogP contribution in [0, 0.1) is 0 Å². The molecule has 1 aliphatic heterocycles. The lowest BCUT2D eigenvalue weighted by Crippen LogP contribution is -1.92. The van der Waals surface area contributed by atoms with Crippen molar-refractivity contribution in [3.05, 3.63) is 33.7 Å². The zero-order chi connectivity index (χ0) is 8.43. The summed E-state index contributed by atoms with van der Waals surface area (Å²) < 4.78 is 0. The molecule has 0 saturated heterocycles. The highest BCUT2D eigenvalue weighted by atomic mass is 32.2. The van der Waals surface area contributed by atoms with Gasteiger partial charge in [-0.05, 0) is 25.8 Å². The van der Waals surface area contributed by atoms with Gasteiger partial charge in [0.25, 0.3) is 0 Å². The van der Waals surface area contributed by atoms with Gasteiger partial charge in [-0.25, -0.2) is 0 Å². The summed E-state index contributed by atoms with van der Waals surface area (Å²) in [5, 5.41) is 0. The molecule has 1 heterocycles. The van der Waals surface area contributed by atoms with Crippen LogP contribution in [0.4, 0.5) is 0 Å². The predicted molar refractivity (Wildman–Crippen MR) is 52.0 cm³/mol. The molecule has 0 atom stereocenters. The van der Waals surface area contributed by atoms with Gasteiger partial charge in [0.05, 0.1) is 0 Å². The Kier molecular flexibility index (Phi) is 2.45. The Morgan fingerprint density at radius 1 is 1.64 bits per heavy atom. The number of thioether (sulfide) groups is 1. The Bertz CT molecular complexity index is 244.